The second-order valence-corrected chi connectivity index (χ2v) is 7.18. The van der Waals surface area contributed by atoms with Crippen molar-refractivity contribution >= 4 is 5.91 Å². The number of rotatable bonds is 2. The van der Waals surface area contributed by atoms with Gasteiger partial charge in [-0.15, -0.1) is 0 Å². The summed E-state index contributed by atoms with van der Waals surface area (Å²) < 4.78 is 6.40. The zero-order valence-electron chi connectivity index (χ0n) is 14.4. The number of para-hydroxylation sites is 1. The first-order valence-corrected chi connectivity index (χ1v) is 9.00. The molecule has 0 unspecified atom stereocenters. The van der Waals surface area contributed by atoms with Crippen molar-refractivity contribution in [1.29, 1.82) is 0 Å². The number of amides is 1. The Kier molecular flexibility index (Phi) is 4.22. The van der Waals surface area contributed by atoms with Gasteiger partial charge in [-0.25, -0.2) is 0 Å². The van der Waals surface area contributed by atoms with Crippen LogP contribution in [-0.4, -0.2) is 23.0 Å². The summed E-state index contributed by atoms with van der Waals surface area (Å²) in [6.07, 6.45) is 2.85. The van der Waals surface area contributed by atoms with Crippen molar-refractivity contribution in [2.24, 2.45) is 5.73 Å². The largest absolute Gasteiger partial charge is 0.487 e. The molecule has 0 aromatic heterocycles. The van der Waals surface area contributed by atoms with Gasteiger partial charge in [-0.1, -0.05) is 48.5 Å². The molecular formula is C21H24N2O2. The number of fused-ring (bicyclic) bond motifs is 1. The van der Waals surface area contributed by atoms with Gasteiger partial charge < -0.3 is 15.4 Å². The van der Waals surface area contributed by atoms with Crippen molar-refractivity contribution in [2.45, 2.75) is 43.9 Å². The molecule has 0 aliphatic carbocycles. The molecule has 25 heavy (non-hydrogen) atoms. The van der Waals surface area contributed by atoms with E-state index in [1.165, 1.54) is 5.56 Å². The lowest BCUT2D eigenvalue weighted by Gasteiger charge is -2.40. The number of nitrogens with zero attached hydrogens (tertiary/aromatic N) is 1. The Morgan fingerprint density at radius 3 is 2.68 bits per heavy atom. The van der Waals surface area contributed by atoms with Crippen LogP contribution in [-0.2, 0) is 11.3 Å². The smallest absolute Gasteiger partial charge is 0.223 e. The third kappa shape index (κ3) is 3.27. The highest BCUT2D eigenvalue weighted by molar-refractivity contribution is 5.76. The number of carbonyl (C=O) groups is 1. The third-order valence-corrected chi connectivity index (χ3v) is 5.44. The molecule has 0 bridgehead atoms. The Bertz CT molecular complexity index is 762. The number of likely N-dealkylation sites (tertiary alicyclic amines) is 1. The van der Waals surface area contributed by atoms with E-state index in [1.807, 2.05) is 47.4 Å². The quantitative estimate of drug-likeness (QED) is 0.914. The van der Waals surface area contributed by atoms with Crippen LogP contribution < -0.4 is 10.5 Å². The lowest BCUT2D eigenvalue weighted by Crippen LogP contribution is -2.43. The monoisotopic (exact) mass is 336 g/mol. The molecular weight excluding hydrogens is 312 g/mol. The van der Waals surface area contributed by atoms with E-state index in [2.05, 4.69) is 12.1 Å². The molecule has 4 heteroatoms. The lowest BCUT2D eigenvalue weighted by atomic mass is 9.82. The van der Waals surface area contributed by atoms with Crippen molar-refractivity contribution < 1.29 is 9.53 Å². The van der Waals surface area contributed by atoms with Crippen LogP contribution in [0.2, 0.25) is 0 Å². The highest BCUT2D eigenvalue weighted by atomic mass is 16.5. The summed E-state index contributed by atoms with van der Waals surface area (Å²) in [4.78, 5) is 14.6. The zero-order valence-corrected chi connectivity index (χ0v) is 14.4. The first kappa shape index (κ1) is 16.2. The molecule has 2 aromatic carbocycles. The molecule has 0 radical (unpaired) electrons. The summed E-state index contributed by atoms with van der Waals surface area (Å²) in [5, 5.41) is 0. The molecule has 2 N–H and O–H groups in total. The molecule has 2 atom stereocenters. The molecule has 1 fully saturated rings. The number of benzene rings is 2. The van der Waals surface area contributed by atoms with Crippen LogP contribution in [0.5, 0.6) is 5.75 Å². The van der Waals surface area contributed by atoms with Crippen LogP contribution in [0, 0.1) is 0 Å². The second-order valence-electron chi connectivity index (χ2n) is 7.18. The molecule has 2 heterocycles. The van der Waals surface area contributed by atoms with Gasteiger partial charge in [0.1, 0.15) is 11.4 Å². The Labute approximate surface area is 148 Å². The van der Waals surface area contributed by atoms with E-state index in [9.17, 15) is 4.79 Å². The predicted molar refractivity (Wildman–Crippen MR) is 97.1 cm³/mol. The van der Waals surface area contributed by atoms with Crippen LogP contribution in [0.1, 0.15) is 42.9 Å². The van der Waals surface area contributed by atoms with Gasteiger partial charge in [0.05, 0.1) is 0 Å². The lowest BCUT2D eigenvalue weighted by molar-refractivity contribution is -0.131. The molecule has 1 amide bonds. The summed E-state index contributed by atoms with van der Waals surface area (Å²) in [6, 6.07) is 18.1. The first-order valence-electron chi connectivity index (χ1n) is 9.00. The van der Waals surface area contributed by atoms with Gasteiger partial charge in [-0.3, -0.25) is 4.79 Å². The van der Waals surface area contributed by atoms with E-state index in [0.29, 0.717) is 19.5 Å². The average molecular weight is 336 g/mol. The van der Waals surface area contributed by atoms with Gasteiger partial charge in [0.2, 0.25) is 5.91 Å². The fourth-order valence-electron chi connectivity index (χ4n) is 4.02. The van der Waals surface area contributed by atoms with Gasteiger partial charge in [0.15, 0.2) is 0 Å². The van der Waals surface area contributed by atoms with E-state index in [4.69, 9.17) is 10.5 Å². The molecule has 1 spiro atoms. The summed E-state index contributed by atoms with van der Waals surface area (Å²) in [7, 11) is 0. The zero-order chi connectivity index (χ0) is 17.3. The Morgan fingerprint density at radius 1 is 1.08 bits per heavy atom. The molecule has 130 valence electrons. The SMILES string of the molecule is N[C@@H]1C[C@]2(CCC(=O)N(Cc3ccccc3)CC2)Oc2ccccc21. The average Bonchev–Trinajstić information content (AvgIpc) is 2.77. The first-order chi connectivity index (χ1) is 12.2. The fraction of sp³-hybridized carbons (Fsp3) is 0.381. The van der Waals surface area contributed by atoms with E-state index in [0.717, 1.165) is 30.6 Å². The number of nitrogens with two attached hydrogens (primary N) is 1. The van der Waals surface area contributed by atoms with Crippen LogP contribution in [0.4, 0.5) is 0 Å². The molecule has 0 saturated carbocycles. The fourth-order valence-corrected chi connectivity index (χ4v) is 4.02. The summed E-state index contributed by atoms with van der Waals surface area (Å²) in [6.45, 7) is 1.38. The molecule has 4 rings (SSSR count). The second kappa shape index (κ2) is 6.52. The van der Waals surface area contributed by atoms with Crippen LogP contribution in [0.25, 0.3) is 0 Å². The maximum Gasteiger partial charge on any atom is 0.223 e. The topological polar surface area (TPSA) is 55.6 Å². The Hall–Kier alpha value is -2.33. The molecule has 2 aliphatic heterocycles. The van der Waals surface area contributed by atoms with Crippen molar-refractivity contribution in [3.63, 3.8) is 0 Å². The van der Waals surface area contributed by atoms with Crippen molar-refractivity contribution in [1.82, 2.24) is 4.90 Å². The minimum Gasteiger partial charge on any atom is -0.487 e. The molecule has 2 aromatic rings. The van der Waals surface area contributed by atoms with Crippen LogP contribution in [0.3, 0.4) is 0 Å². The van der Waals surface area contributed by atoms with E-state index >= 15 is 0 Å². The highest BCUT2D eigenvalue weighted by Gasteiger charge is 2.42. The van der Waals surface area contributed by atoms with E-state index in [-0.39, 0.29) is 17.6 Å². The highest BCUT2D eigenvalue weighted by Crippen LogP contribution is 2.43. The normalized spacial score (nSPS) is 26.0. The predicted octanol–water partition coefficient (Wildman–Crippen LogP) is 3.42. The maximum atomic E-state index is 12.6. The molecule has 1 saturated heterocycles. The number of ether oxygens (including phenoxy) is 1. The van der Waals surface area contributed by atoms with Gasteiger partial charge in [-0.05, 0) is 18.1 Å². The van der Waals surface area contributed by atoms with Crippen molar-refractivity contribution in [3.8, 4) is 5.75 Å². The van der Waals surface area contributed by atoms with Crippen molar-refractivity contribution in [2.75, 3.05) is 6.54 Å². The van der Waals surface area contributed by atoms with Gasteiger partial charge >= 0.3 is 0 Å². The molecule has 2 aliphatic rings. The van der Waals surface area contributed by atoms with E-state index in [1.54, 1.807) is 0 Å². The standard InChI is InChI=1S/C21H24N2O2/c22-18-14-21(25-19-9-5-4-8-17(18)19)11-10-20(24)23(13-12-21)15-16-6-2-1-3-7-16/h1-9,18H,10-15,22H2/t18-,21-/m1/s1. The molecule has 4 nitrogen and oxygen atoms in total. The maximum absolute atomic E-state index is 12.6. The Balaban J connectivity index is 1.52. The van der Waals surface area contributed by atoms with Crippen LogP contribution in [0.15, 0.2) is 54.6 Å². The minimum absolute atomic E-state index is 0.0271. The third-order valence-electron chi connectivity index (χ3n) is 5.44. The number of carbonyl (C=O) groups excluding carboxylic acids is 1. The number of hydrogen-bond donors (Lipinski definition) is 1. The minimum atomic E-state index is -0.325. The summed E-state index contributed by atoms with van der Waals surface area (Å²) in [5.74, 6) is 1.09. The van der Waals surface area contributed by atoms with Crippen molar-refractivity contribution in [3.05, 3.63) is 65.7 Å². The van der Waals surface area contributed by atoms with Gasteiger partial charge in [-0.2, -0.15) is 0 Å². The van der Waals surface area contributed by atoms with Gasteiger partial charge in [0.25, 0.3) is 0 Å². The summed E-state index contributed by atoms with van der Waals surface area (Å²) >= 11 is 0. The van der Waals surface area contributed by atoms with Crippen LogP contribution >= 0.6 is 0 Å². The van der Waals surface area contributed by atoms with Gasteiger partial charge in [0, 0.05) is 44.0 Å². The number of hydrogen-bond acceptors (Lipinski definition) is 3. The summed E-state index contributed by atoms with van der Waals surface area (Å²) in [5.41, 5.74) is 8.33. The van der Waals surface area contributed by atoms with E-state index < -0.39 is 0 Å². The Morgan fingerprint density at radius 2 is 1.84 bits per heavy atom.